The maximum atomic E-state index is 12.0. The Morgan fingerprint density at radius 1 is 1.40 bits per heavy atom. The SMILES string of the molecule is CCCC(N)C(=O)N(CCC)CC1CC1. The normalized spacial score (nSPS) is 17.5. The van der Waals surface area contributed by atoms with E-state index in [2.05, 4.69) is 13.8 Å². The summed E-state index contributed by atoms with van der Waals surface area (Å²) in [6.45, 7) is 5.98. The predicted octanol–water partition coefficient (Wildman–Crippen LogP) is 1.76. The summed E-state index contributed by atoms with van der Waals surface area (Å²) in [7, 11) is 0. The molecule has 15 heavy (non-hydrogen) atoms. The zero-order chi connectivity index (χ0) is 11.3. The van der Waals surface area contributed by atoms with Crippen molar-refractivity contribution in [2.45, 2.75) is 52.0 Å². The molecule has 0 aliphatic heterocycles. The molecule has 1 atom stereocenters. The highest BCUT2D eigenvalue weighted by Gasteiger charge is 2.28. The van der Waals surface area contributed by atoms with Crippen LogP contribution in [0.3, 0.4) is 0 Å². The Bertz CT molecular complexity index is 202. The fourth-order valence-corrected chi connectivity index (χ4v) is 1.84. The average Bonchev–Trinajstić information content (AvgIpc) is 3.00. The molecule has 1 aliphatic carbocycles. The standard InChI is InChI=1S/C12H24N2O/c1-3-5-11(13)12(15)14(8-4-2)9-10-6-7-10/h10-11H,3-9,13H2,1-2H3. The zero-order valence-corrected chi connectivity index (χ0v) is 10.0. The Morgan fingerprint density at radius 3 is 2.53 bits per heavy atom. The maximum Gasteiger partial charge on any atom is 0.239 e. The molecule has 1 fully saturated rings. The van der Waals surface area contributed by atoms with Crippen molar-refractivity contribution in [3.63, 3.8) is 0 Å². The van der Waals surface area contributed by atoms with Crippen LogP contribution in [-0.2, 0) is 4.79 Å². The largest absolute Gasteiger partial charge is 0.341 e. The second kappa shape index (κ2) is 6.11. The van der Waals surface area contributed by atoms with Gasteiger partial charge in [0.1, 0.15) is 0 Å². The number of nitrogens with two attached hydrogens (primary N) is 1. The van der Waals surface area contributed by atoms with Crippen LogP contribution in [0.15, 0.2) is 0 Å². The van der Waals surface area contributed by atoms with Gasteiger partial charge in [-0.15, -0.1) is 0 Å². The molecule has 0 radical (unpaired) electrons. The average molecular weight is 212 g/mol. The monoisotopic (exact) mass is 212 g/mol. The first-order valence-electron chi connectivity index (χ1n) is 6.23. The van der Waals surface area contributed by atoms with Gasteiger partial charge in [0.05, 0.1) is 6.04 Å². The van der Waals surface area contributed by atoms with Gasteiger partial charge in [-0.25, -0.2) is 0 Å². The molecule has 1 aliphatic rings. The molecule has 0 heterocycles. The van der Waals surface area contributed by atoms with Crippen molar-refractivity contribution in [2.75, 3.05) is 13.1 Å². The minimum atomic E-state index is -0.278. The van der Waals surface area contributed by atoms with Gasteiger partial charge in [-0.1, -0.05) is 20.3 Å². The third-order valence-corrected chi connectivity index (χ3v) is 2.90. The van der Waals surface area contributed by atoms with Gasteiger partial charge in [-0.3, -0.25) is 4.79 Å². The van der Waals surface area contributed by atoms with Crippen molar-refractivity contribution in [1.29, 1.82) is 0 Å². The van der Waals surface area contributed by atoms with Gasteiger partial charge in [0, 0.05) is 13.1 Å². The summed E-state index contributed by atoms with van der Waals surface area (Å²) in [6.07, 6.45) is 5.39. The van der Waals surface area contributed by atoms with Crippen molar-refractivity contribution < 1.29 is 4.79 Å². The first-order valence-corrected chi connectivity index (χ1v) is 6.23. The van der Waals surface area contributed by atoms with E-state index >= 15 is 0 Å². The van der Waals surface area contributed by atoms with E-state index in [-0.39, 0.29) is 11.9 Å². The van der Waals surface area contributed by atoms with E-state index in [4.69, 9.17) is 5.73 Å². The highest BCUT2D eigenvalue weighted by molar-refractivity contribution is 5.81. The van der Waals surface area contributed by atoms with Gasteiger partial charge in [-0.05, 0) is 31.6 Å². The molecule has 0 spiro atoms. The van der Waals surface area contributed by atoms with Crippen molar-refractivity contribution in [1.82, 2.24) is 4.90 Å². The minimum Gasteiger partial charge on any atom is -0.341 e. The fourth-order valence-electron chi connectivity index (χ4n) is 1.84. The van der Waals surface area contributed by atoms with Crippen LogP contribution in [0.25, 0.3) is 0 Å². The molecule has 1 rings (SSSR count). The number of hydrogen-bond donors (Lipinski definition) is 1. The lowest BCUT2D eigenvalue weighted by Gasteiger charge is -2.25. The smallest absolute Gasteiger partial charge is 0.239 e. The summed E-state index contributed by atoms with van der Waals surface area (Å²) in [5, 5.41) is 0. The van der Waals surface area contributed by atoms with Gasteiger partial charge in [0.15, 0.2) is 0 Å². The first kappa shape index (κ1) is 12.5. The number of rotatable bonds is 7. The Kier molecular flexibility index (Phi) is 5.09. The van der Waals surface area contributed by atoms with E-state index in [1.807, 2.05) is 4.90 Å². The van der Waals surface area contributed by atoms with Gasteiger partial charge in [0.2, 0.25) is 5.91 Å². The molecule has 0 aromatic rings. The van der Waals surface area contributed by atoms with Crippen LogP contribution in [0.2, 0.25) is 0 Å². The lowest BCUT2D eigenvalue weighted by Crippen LogP contribution is -2.44. The van der Waals surface area contributed by atoms with Crippen molar-refractivity contribution in [2.24, 2.45) is 11.7 Å². The highest BCUT2D eigenvalue weighted by Crippen LogP contribution is 2.29. The second-order valence-corrected chi connectivity index (χ2v) is 4.62. The number of amides is 1. The van der Waals surface area contributed by atoms with Crippen molar-refractivity contribution in [3.8, 4) is 0 Å². The Morgan fingerprint density at radius 2 is 2.07 bits per heavy atom. The second-order valence-electron chi connectivity index (χ2n) is 4.62. The lowest BCUT2D eigenvalue weighted by atomic mass is 10.1. The topological polar surface area (TPSA) is 46.3 Å². The van der Waals surface area contributed by atoms with Crippen LogP contribution in [0.5, 0.6) is 0 Å². The molecule has 0 bridgehead atoms. The van der Waals surface area contributed by atoms with Gasteiger partial charge in [-0.2, -0.15) is 0 Å². The van der Waals surface area contributed by atoms with E-state index in [0.29, 0.717) is 0 Å². The summed E-state index contributed by atoms with van der Waals surface area (Å²) < 4.78 is 0. The number of hydrogen-bond acceptors (Lipinski definition) is 2. The van der Waals surface area contributed by atoms with Crippen LogP contribution >= 0.6 is 0 Å². The molecule has 0 aromatic carbocycles. The Balaban J connectivity index is 2.40. The van der Waals surface area contributed by atoms with E-state index in [1.54, 1.807) is 0 Å². The number of carbonyl (C=O) groups excluding carboxylic acids is 1. The third-order valence-electron chi connectivity index (χ3n) is 2.90. The third kappa shape index (κ3) is 4.20. The highest BCUT2D eigenvalue weighted by atomic mass is 16.2. The molecule has 3 heteroatoms. The van der Waals surface area contributed by atoms with E-state index in [1.165, 1.54) is 12.8 Å². The lowest BCUT2D eigenvalue weighted by molar-refractivity contribution is -0.133. The number of carbonyl (C=O) groups is 1. The fraction of sp³-hybridized carbons (Fsp3) is 0.917. The van der Waals surface area contributed by atoms with Gasteiger partial charge >= 0.3 is 0 Å². The molecular weight excluding hydrogens is 188 g/mol. The van der Waals surface area contributed by atoms with Crippen LogP contribution in [0.1, 0.15) is 46.0 Å². The van der Waals surface area contributed by atoms with Gasteiger partial charge < -0.3 is 10.6 Å². The van der Waals surface area contributed by atoms with E-state index in [0.717, 1.165) is 38.3 Å². The summed E-state index contributed by atoms with van der Waals surface area (Å²) >= 11 is 0. The molecule has 1 saturated carbocycles. The molecule has 0 saturated heterocycles. The van der Waals surface area contributed by atoms with E-state index < -0.39 is 0 Å². The Hall–Kier alpha value is -0.570. The molecule has 0 aromatic heterocycles. The summed E-state index contributed by atoms with van der Waals surface area (Å²) in [4.78, 5) is 14.0. The van der Waals surface area contributed by atoms with E-state index in [9.17, 15) is 4.79 Å². The van der Waals surface area contributed by atoms with Crippen LogP contribution in [0, 0.1) is 5.92 Å². The molecule has 3 nitrogen and oxygen atoms in total. The van der Waals surface area contributed by atoms with Crippen LogP contribution in [0.4, 0.5) is 0 Å². The maximum absolute atomic E-state index is 12.0. The zero-order valence-electron chi connectivity index (χ0n) is 10.0. The van der Waals surface area contributed by atoms with Crippen molar-refractivity contribution in [3.05, 3.63) is 0 Å². The molecular formula is C12H24N2O. The summed E-state index contributed by atoms with van der Waals surface area (Å²) in [5.74, 6) is 0.917. The first-order chi connectivity index (χ1) is 7.19. The quantitative estimate of drug-likeness (QED) is 0.699. The Labute approximate surface area is 93.0 Å². The minimum absolute atomic E-state index is 0.158. The van der Waals surface area contributed by atoms with Crippen LogP contribution in [-0.4, -0.2) is 29.9 Å². The number of nitrogens with zero attached hydrogens (tertiary/aromatic N) is 1. The molecule has 2 N–H and O–H groups in total. The summed E-state index contributed by atoms with van der Waals surface area (Å²) in [5.41, 5.74) is 5.86. The van der Waals surface area contributed by atoms with Crippen molar-refractivity contribution >= 4 is 5.91 Å². The van der Waals surface area contributed by atoms with Crippen LogP contribution < -0.4 is 5.73 Å². The molecule has 1 amide bonds. The summed E-state index contributed by atoms with van der Waals surface area (Å²) in [6, 6.07) is -0.278. The van der Waals surface area contributed by atoms with Gasteiger partial charge in [0.25, 0.3) is 0 Å². The predicted molar refractivity (Wildman–Crippen MR) is 62.5 cm³/mol. The molecule has 88 valence electrons. The molecule has 1 unspecified atom stereocenters.